The monoisotopic (exact) mass is 283 g/mol. The Morgan fingerprint density at radius 1 is 1.37 bits per heavy atom. The lowest BCUT2D eigenvalue weighted by Crippen LogP contribution is -2.30. The van der Waals surface area contributed by atoms with Gasteiger partial charge in [-0.1, -0.05) is 27.7 Å². The molecule has 0 fully saturated rings. The molecule has 110 valence electrons. The summed E-state index contributed by atoms with van der Waals surface area (Å²) in [5.74, 6) is 0.612. The van der Waals surface area contributed by atoms with Crippen LogP contribution in [0.1, 0.15) is 58.7 Å². The second kappa shape index (κ2) is 7.34. The van der Waals surface area contributed by atoms with Gasteiger partial charge in [-0.05, 0) is 31.4 Å². The Morgan fingerprint density at radius 3 is 2.47 bits per heavy atom. The van der Waals surface area contributed by atoms with Crippen molar-refractivity contribution in [2.75, 3.05) is 6.26 Å². The Morgan fingerprint density at radius 2 is 2.00 bits per heavy atom. The van der Waals surface area contributed by atoms with Crippen molar-refractivity contribution in [3.05, 3.63) is 18.2 Å². The van der Waals surface area contributed by atoms with E-state index in [1.165, 1.54) is 18.5 Å². The molecule has 0 saturated heterocycles. The van der Waals surface area contributed by atoms with E-state index in [9.17, 15) is 0 Å². The topological polar surface area (TPSA) is 43.8 Å². The molecule has 0 aliphatic carbocycles. The van der Waals surface area contributed by atoms with Crippen LogP contribution in [0, 0.1) is 5.92 Å². The Kier molecular flexibility index (Phi) is 6.40. The van der Waals surface area contributed by atoms with Gasteiger partial charge >= 0.3 is 0 Å². The Hall–Kier alpha value is -0.480. The van der Waals surface area contributed by atoms with Gasteiger partial charge in [0.2, 0.25) is 0 Å². The van der Waals surface area contributed by atoms with Crippen LogP contribution in [0.2, 0.25) is 0 Å². The van der Waals surface area contributed by atoms with Crippen molar-refractivity contribution in [1.82, 2.24) is 9.55 Å². The molecule has 0 aromatic carbocycles. The lowest BCUT2D eigenvalue weighted by atomic mass is 10.00. The van der Waals surface area contributed by atoms with E-state index < -0.39 is 0 Å². The molecule has 1 aromatic heterocycles. The van der Waals surface area contributed by atoms with Crippen molar-refractivity contribution in [2.24, 2.45) is 11.7 Å². The van der Waals surface area contributed by atoms with Crippen LogP contribution in [-0.2, 0) is 6.54 Å². The zero-order chi connectivity index (χ0) is 14.5. The summed E-state index contributed by atoms with van der Waals surface area (Å²) in [6.45, 7) is 9.97. The van der Waals surface area contributed by atoms with E-state index in [0.717, 1.165) is 13.0 Å². The van der Waals surface area contributed by atoms with Crippen molar-refractivity contribution >= 4 is 11.8 Å². The van der Waals surface area contributed by atoms with Crippen LogP contribution in [0.4, 0.5) is 0 Å². The minimum atomic E-state index is 0.0933. The number of rotatable bonds is 8. The Balaban J connectivity index is 2.88. The van der Waals surface area contributed by atoms with Gasteiger partial charge in [0, 0.05) is 23.5 Å². The van der Waals surface area contributed by atoms with Crippen LogP contribution in [0.15, 0.2) is 12.5 Å². The van der Waals surface area contributed by atoms with Gasteiger partial charge < -0.3 is 10.3 Å². The maximum atomic E-state index is 6.32. The van der Waals surface area contributed by atoms with Gasteiger partial charge in [-0.25, -0.2) is 4.98 Å². The van der Waals surface area contributed by atoms with Crippen LogP contribution in [0.3, 0.4) is 0 Å². The molecular weight excluding hydrogens is 254 g/mol. The van der Waals surface area contributed by atoms with E-state index in [2.05, 4.69) is 43.5 Å². The predicted octanol–water partition coefficient (Wildman–Crippen LogP) is 3.85. The summed E-state index contributed by atoms with van der Waals surface area (Å²) in [6.07, 6.45) is 9.42. The maximum Gasteiger partial charge on any atom is 0.0949 e. The highest BCUT2D eigenvalue weighted by molar-refractivity contribution is 8.00. The molecule has 0 radical (unpaired) electrons. The molecule has 1 aromatic rings. The van der Waals surface area contributed by atoms with Gasteiger partial charge in [0.15, 0.2) is 0 Å². The zero-order valence-electron chi connectivity index (χ0n) is 13.0. The molecule has 1 rings (SSSR count). The molecule has 1 heterocycles. The zero-order valence-corrected chi connectivity index (χ0v) is 13.8. The minimum absolute atomic E-state index is 0.0933. The molecular formula is C15H29N3S. The minimum Gasteiger partial charge on any atom is -0.332 e. The fraction of sp³-hybridized carbons (Fsp3) is 0.800. The number of nitrogens with zero attached hydrogens (tertiary/aromatic N) is 2. The molecule has 1 atom stereocenters. The van der Waals surface area contributed by atoms with Crippen LogP contribution in [0.5, 0.6) is 0 Å². The molecule has 19 heavy (non-hydrogen) atoms. The summed E-state index contributed by atoms with van der Waals surface area (Å²) in [5.41, 5.74) is 7.49. The van der Waals surface area contributed by atoms with Crippen molar-refractivity contribution in [3.8, 4) is 0 Å². The largest absolute Gasteiger partial charge is 0.332 e. The van der Waals surface area contributed by atoms with Crippen molar-refractivity contribution in [2.45, 2.75) is 64.3 Å². The highest BCUT2D eigenvalue weighted by Crippen LogP contribution is 2.33. The van der Waals surface area contributed by atoms with Crippen molar-refractivity contribution in [3.63, 3.8) is 0 Å². The standard InChI is InChI=1S/C15H29N3S/c1-6-15(7-2,19-5)10-18-11-17-9-14(18)13(16)8-12(3)4/h9,11-13H,6-8,10,16H2,1-5H3. The van der Waals surface area contributed by atoms with E-state index >= 15 is 0 Å². The smallest absolute Gasteiger partial charge is 0.0949 e. The van der Waals surface area contributed by atoms with Crippen LogP contribution in [-0.4, -0.2) is 20.6 Å². The molecule has 0 amide bonds. The van der Waals surface area contributed by atoms with Gasteiger partial charge in [-0.15, -0.1) is 0 Å². The molecule has 1 unspecified atom stereocenters. The van der Waals surface area contributed by atoms with Crippen LogP contribution >= 0.6 is 11.8 Å². The van der Waals surface area contributed by atoms with Gasteiger partial charge in [-0.2, -0.15) is 11.8 Å². The SMILES string of the molecule is CCC(CC)(Cn1cncc1C(N)CC(C)C)SC. The average molecular weight is 283 g/mol. The molecule has 3 nitrogen and oxygen atoms in total. The first-order chi connectivity index (χ1) is 8.98. The Labute approximate surface area is 122 Å². The first kappa shape index (κ1) is 16.6. The summed E-state index contributed by atoms with van der Waals surface area (Å²) in [6, 6.07) is 0.0933. The lowest BCUT2D eigenvalue weighted by Gasteiger charge is -2.31. The van der Waals surface area contributed by atoms with Crippen LogP contribution in [0.25, 0.3) is 0 Å². The number of imidazole rings is 1. The van der Waals surface area contributed by atoms with Crippen molar-refractivity contribution < 1.29 is 0 Å². The molecule has 0 saturated carbocycles. The number of thioether (sulfide) groups is 1. The van der Waals surface area contributed by atoms with E-state index in [1.54, 1.807) is 0 Å². The highest BCUT2D eigenvalue weighted by Gasteiger charge is 2.27. The second-order valence-corrected chi connectivity index (χ2v) is 7.05. The van der Waals surface area contributed by atoms with E-state index in [-0.39, 0.29) is 6.04 Å². The fourth-order valence-corrected chi connectivity index (χ4v) is 3.38. The van der Waals surface area contributed by atoms with Gasteiger partial charge in [0.1, 0.15) is 0 Å². The molecule has 4 heteroatoms. The van der Waals surface area contributed by atoms with E-state index in [4.69, 9.17) is 5.73 Å². The third kappa shape index (κ3) is 4.25. The average Bonchev–Trinajstić information content (AvgIpc) is 2.83. The number of hydrogen-bond donors (Lipinski definition) is 1. The number of aromatic nitrogens is 2. The first-order valence-corrected chi connectivity index (χ1v) is 8.51. The maximum absolute atomic E-state index is 6.32. The quantitative estimate of drug-likeness (QED) is 0.788. The molecule has 0 aliphatic heterocycles. The highest BCUT2D eigenvalue weighted by atomic mass is 32.2. The normalized spacial score (nSPS) is 14.1. The van der Waals surface area contributed by atoms with Crippen LogP contribution < -0.4 is 5.73 Å². The Bertz CT molecular complexity index is 361. The third-order valence-corrected chi connectivity index (χ3v) is 5.60. The lowest BCUT2D eigenvalue weighted by molar-refractivity contribution is 0.432. The number of nitrogens with two attached hydrogens (primary N) is 1. The molecule has 0 aliphatic rings. The second-order valence-electron chi connectivity index (χ2n) is 5.78. The molecule has 0 spiro atoms. The summed E-state index contributed by atoms with van der Waals surface area (Å²) in [4.78, 5) is 4.31. The van der Waals surface area contributed by atoms with Gasteiger partial charge in [-0.3, -0.25) is 0 Å². The van der Waals surface area contributed by atoms with Gasteiger partial charge in [0.25, 0.3) is 0 Å². The predicted molar refractivity (Wildman–Crippen MR) is 85.4 cm³/mol. The number of hydrogen-bond acceptors (Lipinski definition) is 3. The van der Waals surface area contributed by atoms with Gasteiger partial charge in [0.05, 0.1) is 12.0 Å². The molecule has 2 N–H and O–H groups in total. The van der Waals surface area contributed by atoms with E-state index in [0.29, 0.717) is 10.7 Å². The van der Waals surface area contributed by atoms with E-state index in [1.807, 2.05) is 24.3 Å². The van der Waals surface area contributed by atoms with Crippen molar-refractivity contribution in [1.29, 1.82) is 0 Å². The first-order valence-electron chi connectivity index (χ1n) is 7.28. The summed E-state index contributed by atoms with van der Waals surface area (Å²) >= 11 is 1.96. The summed E-state index contributed by atoms with van der Waals surface area (Å²) < 4.78 is 2.56. The molecule has 0 bridgehead atoms. The summed E-state index contributed by atoms with van der Waals surface area (Å²) in [5, 5.41) is 0. The summed E-state index contributed by atoms with van der Waals surface area (Å²) in [7, 11) is 0. The third-order valence-electron chi connectivity index (χ3n) is 4.03. The fourth-order valence-electron chi connectivity index (χ4n) is 2.54.